The Morgan fingerprint density at radius 1 is 0.821 bits per heavy atom. The zero-order valence-corrected chi connectivity index (χ0v) is 17.0. The van der Waals surface area contributed by atoms with Crippen LogP contribution in [0.3, 0.4) is 0 Å². The second-order valence-corrected chi connectivity index (χ2v) is 8.87. The van der Waals surface area contributed by atoms with Crippen molar-refractivity contribution in [3.8, 4) is 5.75 Å². The summed E-state index contributed by atoms with van der Waals surface area (Å²) in [7, 11) is -3.66. The SMILES string of the molecule is CC(C)CN(c1ccccc1)S(=O)(=O)c1ccc(OCc2ccccc2)cc1. The molecule has 0 spiro atoms. The van der Waals surface area contributed by atoms with Gasteiger partial charge in [-0.15, -0.1) is 0 Å². The Balaban J connectivity index is 1.80. The van der Waals surface area contributed by atoms with E-state index in [0.717, 1.165) is 5.56 Å². The lowest BCUT2D eigenvalue weighted by Crippen LogP contribution is -2.34. The van der Waals surface area contributed by atoms with Gasteiger partial charge in [0.15, 0.2) is 0 Å². The number of benzene rings is 3. The van der Waals surface area contributed by atoms with Gasteiger partial charge in [-0.25, -0.2) is 8.42 Å². The highest BCUT2D eigenvalue weighted by Crippen LogP contribution is 2.26. The first-order valence-electron chi connectivity index (χ1n) is 9.31. The van der Waals surface area contributed by atoms with Gasteiger partial charge >= 0.3 is 0 Å². The van der Waals surface area contributed by atoms with Crippen LogP contribution in [0, 0.1) is 5.92 Å². The van der Waals surface area contributed by atoms with Crippen molar-refractivity contribution in [1.29, 1.82) is 0 Å². The van der Waals surface area contributed by atoms with Crippen LogP contribution in [0.1, 0.15) is 19.4 Å². The van der Waals surface area contributed by atoms with Gasteiger partial charge in [-0.05, 0) is 47.9 Å². The summed E-state index contributed by atoms with van der Waals surface area (Å²) in [5.74, 6) is 0.835. The highest BCUT2D eigenvalue weighted by Gasteiger charge is 2.25. The third-order valence-electron chi connectivity index (χ3n) is 4.24. The average molecular weight is 396 g/mol. The molecule has 0 atom stereocenters. The van der Waals surface area contributed by atoms with Gasteiger partial charge in [-0.2, -0.15) is 0 Å². The molecule has 0 amide bonds. The first kappa shape index (κ1) is 20.0. The van der Waals surface area contributed by atoms with E-state index < -0.39 is 10.0 Å². The van der Waals surface area contributed by atoms with E-state index in [4.69, 9.17) is 4.74 Å². The second kappa shape index (κ2) is 8.93. The lowest BCUT2D eigenvalue weighted by atomic mass is 10.2. The van der Waals surface area contributed by atoms with E-state index in [1.807, 2.05) is 74.5 Å². The fourth-order valence-corrected chi connectivity index (χ4v) is 4.47. The Kier molecular flexibility index (Phi) is 6.37. The van der Waals surface area contributed by atoms with Crippen molar-refractivity contribution in [3.05, 3.63) is 90.5 Å². The van der Waals surface area contributed by atoms with Crippen molar-refractivity contribution >= 4 is 15.7 Å². The molecule has 0 heterocycles. The van der Waals surface area contributed by atoms with Gasteiger partial charge in [0.2, 0.25) is 0 Å². The van der Waals surface area contributed by atoms with Crippen molar-refractivity contribution in [2.24, 2.45) is 5.92 Å². The Bertz CT molecular complexity index is 969. The van der Waals surface area contributed by atoms with E-state index in [0.29, 0.717) is 24.6 Å². The Labute approximate surface area is 167 Å². The number of hydrogen-bond acceptors (Lipinski definition) is 3. The molecule has 0 radical (unpaired) electrons. The number of hydrogen-bond donors (Lipinski definition) is 0. The molecule has 0 aliphatic rings. The molecule has 146 valence electrons. The zero-order valence-electron chi connectivity index (χ0n) is 16.2. The van der Waals surface area contributed by atoms with Crippen LogP contribution >= 0.6 is 0 Å². The molecular formula is C23H25NO3S. The molecule has 4 nitrogen and oxygen atoms in total. The fourth-order valence-electron chi connectivity index (χ4n) is 2.84. The first-order valence-corrected chi connectivity index (χ1v) is 10.8. The Morgan fingerprint density at radius 2 is 1.39 bits per heavy atom. The lowest BCUT2D eigenvalue weighted by molar-refractivity contribution is 0.306. The summed E-state index contributed by atoms with van der Waals surface area (Å²) in [6, 6.07) is 25.7. The molecule has 0 aliphatic carbocycles. The minimum Gasteiger partial charge on any atom is -0.489 e. The molecule has 0 saturated carbocycles. The van der Waals surface area contributed by atoms with E-state index in [-0.39, 0.29) is 10.8 Å². The van der Waals surface area contributed by atoms with E-state index in [2.05, 4.69) is 0 Å². The zero-order chi connectivity index (χ0) is 20.0. The average Bonchev–Trinajstić information content (AvgIpc) is 2.72. The van der Waals surface area contributed by atoms with Gasteiger partial charge in [0, 0.05) is 6.54 Å². The molecule has 0 N–H and O–H groups in total. The second-order valence-electron chi connectivity index (χ2n) is 7.01. The van der Waals surface area contributed by atoms with E-state index in [1.165, 1.54) is 4.31 Å². The van der Waals surface area contributed by atoms with Gasteiger partial charge in [-0.3, -0.25) is 4.31 Å². The molecule has 0 aromatic heterocycles. The number of nitrogens with zero attached hydrogens (tertiary/aromatic N) is 1. The van der Waals surface area contributed by atoms with Crippen LogP contribution < -0.4 is 9.04 Å². The summed E-state index contributed by atoms with van der Waals surface area (Å²) < 4.78 is 33.7. The van der Waals surface area contributed by atoms with Gasteiger partial charge in [0.1, 0.15) is 12.4 Å². The predicted molar refractivity (Wildman–Crippen MR) is 113 cm³/mol. The smallest absolute Gasteiger partial charge is 0.264 e. The number of anilines is 1. The quantitative estimate of drug-likeness (QED) is 0.532. The maximum absolute atomic E-state index is 13.2. The van der Waals surface area contributed by atoms with Crippen molar-refractivity contribution in [2.45, 2.75) is 25.3 Å². The number of rotatable bonds is 8. The maximum atomic E-state index is 13.2. The van der Waals surface area contributed by atoms with Crippen molar-refractivity contribution in [3.63, 3.8) is 0 Å². The largest absolute Gasteiger partial charge is 0.489 e. The highest BCUT2D eigenvalue weighted by atomic mass is 32.2. The molecule has 0 fully saturated rings. The molecule has 3 aromatic rings. The Hall–Kier alpha value is -2.79. The summed E-state index contributed by atoms with van der Waals surface area (Å²) in [6.45, 7) is 4.87. The van der Waals surface area contributed by atoms with Crippen LogP contribution in [-0.4, -0.2) is 15.0 Å². The summed E-state index contributed by atoms with van der Waals surface area (Å²) in [5, 5.41) is 0. The Morgan fingerprint density at radius 3 is 1.96 bits per heavy atom. The van der Waals surface area contributed by atoms with E-state index in [9.17, 15) is 8.42 Å². The molecule has 28 heavy (non-hydrogen) atoms. The summed E-state index contributed by atoms with van der Waals surface area (Å²) in [5.41, 5.74) is 1.73. The normalized spacial score (nSPS) is 11.4. The minimum absolute atomic E-state index is 0.198. The molecule has 0 aliphatic heterocycles. The van der Waals surface area contributed by atoms with Gasteiger partial charge < -0.3 is 4.74 Å². The predicted octanol–water partition coefficient (Wildman–Crippen LogP) is 5.12. The summed E-state index contributed by atoms with van der Waals surface area (Å²) in [4.78, 5) is 0.254. The standard InChI is InChI=1S/C23H25NO3S/c1-19(2)17-24(21-11-7-4-8-12-21)28(25,26)23-15-13-22(14-16-23)27-18-20-9-5-3-6-10-20/h3-16,19H,17-18H2,1-2H3. The van der Waals surface area contributed by atoms with Crippen LogP contribution in [0.4, 0.5) is 5.69 Å². The minimum atomic E-state index is -3.66. The van der Waals surface area contributed by atoms with E-state index >= 15 is 0 Å². The van der Waals surface area contributed by atoms with Crippen LogP contribution in [0.15, 0.2) is 89.8 Å². The monoisotopic (exact) mass is 395 g/mol. The van der Waals surface area contributed by atoms with Gasteiger partial charge in [-0.1, -0.05) is 62.4 Å². The lowest BCUT2D eigenvalue weighted by Gasteiger charge is -2.26. The fraction of sp³-hybridized carbons (Fsp3) is 0.217. The molecule has 0 saturated heterocycles. The third kappa shape index (κ3) is 4.93. The topological polar surface area (TPSA) is 46.6 Å². The molecule has 5 heteroatoms. The van der Waals surface area contributed by atoms with Crippen LogP contribution in [0.5, 0.6) is 5.75 Å². The van der Waals surface area contributed by atoms with E-state index in [1.54, 1.807) is 24.3 Å². The van der Waals surface area contributed by atoms with Crippen molar-refractivity contribution in [1.82, 2.24) is 0 Å². The van der Waals surface area contributed by atoms with Gasteiger partial charge in [0.05, 0.1) is 10.6 Å². The highest BCUT2D eigenvalue weighted by molar-refractivity contribution is 7.92. The molecule has 0 unspecified atom stereocenters. The molecular weight excluding hydrogens is 370 g/mol. The number of para-hydroxylation sites is 1. The van der Waals surface area contributed by atoms with Crippen molar-refractivity contribution in [2.75, 3.05) is 10.8 Å². The molecule has 3 aromatic carbocycles. The summed E-state index contributed by atoms with van der Waals surface area (Å²) >= 11 is 0. The summed E-state index contributed by atoms with van der Waals surface area (Å²) in [6.07, 6.45) is 0. The number of ether oxygens (including phenoxy) is 1. The van der Waals surface area contributed by atoms with Crippen LogP contribution in [0.2, 0.25) is 0 Å². The van der Waals surface area contributed by atoms with Crippen LogP contribution in [0.25, 0.3) is 0 Å². The molecule has 3 rings (SSSR count). The van der Waals surface area contributed by atoms with Crippen LogP contribution in [-0.2, 0) is 16.6 Å². The first-order chi connectivity index (χ1) is 13.5. The van der Waals surface area contributed by atoms with Crippen molar-refractivity contribution < 1.29 is 13.2 Å². The maximum Gasteiger partial charge on any atom is 0.264 e. The number of sulfonamides is 1. The third-order valence-corrected chi connectivity index (χ3v) is 6.04. The van der Waals surface area contributed by atoms with Gasteiger partial charge in [0.25, 0.3) is 10.0 Å². The molecule has 0 bridgehead atoms.